The summed E-state index contributed by atoms with van der Waals surface area (Å²) in [4.78, 5) is 134. The van der Waals surface area contributed by atoms with Crippen LogP contribution in [0, 0.1) is 0 Å². The van der Waals surface area contributed by atoms with E-state index in [-0.39, 0.29) is 57.7 Å². The molecule has 7 atom stereocenters. The summed E-state index contributed by atoms with van der Waals surface area (Å²) in [6.07, 6.45) is 0.681. The van der Waals surface area contributed by atoms with Gasteiger partial charge in [0.2, 0.25) is 53.2 Å². The van der Waals surface area contributed by atoms with E-state index in [9.17, 15) is 58.2 Å². The summed E-state index contributed by atoms with van der Waals surface area (Å²) in [5.41, 5.74) is 27.8. The number of hydrogen-bond donors (Lipinski definition) is 15. The maximum absolute atomic E-state index is 14.0. The first kappa shape index (κ1) is 56.2. The highest BCUT2D eigenvalue weighted by atomic mass is 16.4. The molecule has 1 heterocycles. The Labute approximate surface area is 385 Å². The van der Waals surface area contributed by atoms with Gasteiger partial charge < -0.3 is 86.1 Å². The summed E-state index contributed by atoms with van der Waals surface area (Å²) in [6, 6.07) is -1.25. The molecule has 0 unspecified atom stereocenters. The Morgan fingerprint density at radius 1 is 0.701 bits per heavy atom. The zero-order chi connectivity index (χ0) is 50.1. The molecule has 372 valence electrons. The quantitative estimate of drug-likeness (QED) is 0.0193. The average molecular weight is 949 g/mol. The van der Waals surface area contributed by atoms with Gasteiger partial charge in [-0.3, -0.25) is 48.1 Å². The van der Waals surface area contributed by atoms with Gasteiger partial charge in [0.05, 0.1) is 32.7 Å². The molecule has 0 radical (unpaired) electrons. The van der Waals surface area contributed by atoms with E-state index in [2.05, 4.69) is 42.2 Å². The van der Waals surface area contributed by atoms with E-state index in [0.29, 0.717) is 24.8 Å². The molecule has 1 aromatic rings. The van der Waals surface area contributed by atoms with Crippen LogP contribution in [-0.4, -0.2) is 174 Å². The number of carboxylic acids is 1. The highest BCUT2D eigenvalue weighted by Crippen LogP contribution is 2.20. The van der Waals surface area contributed by atoms with E-state index in [1.54, 1.807) is 30.3 Å². The van der Waals surface area contributed by atoms with Crippen molar-refractivity contribution in [2.45, 2.75) is 100 Å². The minimum atomic E-state index is -1.60. The van der Waals surface area contributed by atoms with Crippen LogP contribution in [0.25, 0.3) is 0 Å². The predicted molar refractivity (Wildman–Crippen MR) is 237 cm³/mol. The fraction of sp³-hybridized carbons (Fsp3) is 0.575. The summed E-state index contributed by atoms with van der Waals surface area (Å²) in [5, 5.41) is 45.0. The molecule has 20 N–H and O–H groups in total. The molecular weight excluding hydrogens is 885 g/mol. The van der Waals surface area contributed by atoms with E-state index < -0.39 is 134 Å². The molecule has 1 saturated heterocycles. The average Bonchev–Trinajstić information content (AvgIpc) is 3.79. The van der Waals surface area contributed by atoms with Gasteiger partial charge >= 0.3 is 5.97 Å². The first-order chi connectivity index (χ1) is 31.8. The minimum absolute atomic E-state index is 0.0358. The number of rotatable bonds is 30. The standard InChI is InChI=1S/C40H64N14O13/c41-13-5-4-10-24(51-36(63)28(21-56)53-33(60)23(42)20-55)34(61)47-18-31(58)49-25(11-6-14-46-40(44)45)38(65)54-15-7-12-29(54)37(64)48-19-32(59)50-26(17-30(43)57)35(62)52-27(39(66)67)16-22-8-2-1-3-9-22/h1-3,8-9,23-29,55-56H,4-7,10-21,41-42H2,(H2,43,57)(H,47,61)(H,48,64)(H,49,58)(H,50,59)(H,51,63)(H,52,62)(H,53,60)(H,66,67)(H4,44,45,46)/t23-,24-,25-,26-,27-,28-,29-/m0/s1. The second-order valence-electron chi connectivity index (χ2n) is 15.5. The highest BCUT2D eigenvalue weighted by molar-refractivity contribution is 5.97. The summed E-state index contributed by atoms with van der Waals surface area (Å²) in [5.74, 6) is -9.60. The SMILES string of the molecule is NCCCC[C@H](NC(=O)[C@H](CO)NC(=O)[C@@H](N)CO)C(=O)NCC(=O)N[C@@H](CCCN=C(N)N)C(=O)N1CCC[C@H]1C(=O)NCC(=O)N[C@@H](CC(N)=O)C(=O)N[C@@H](Cc1ccccc1)C(=O)O. The van der Waals surface area contributed by atoms with Crippen molar-refractivity contribution in [2.24, 2.45) is 33.7 Å². The zero-order valence-electron chi connectivity index (χ0n) is 36.9. The third kappa shape index (κ3) is 20.4. The number of hydrogen-bond acceptors (Lipinski definition) is 15. The Kier molecular flexibility index (Phi) is 24.8. The summed E-state index contributed by atoms with van der Waals surface area (Å²) >= 11 is 0. The first-order valence-corrected chi connectivity index (χ1v) is 21.4. The molecule has 0 bridgehead atoms. The Morgan fingerprint density at radius 2 is 1.30 bits per heavy atom. The second kappa shape index (κ2) is 29.5. The molecule has 0 saturated carbocycles. The number of amides is 9. The molecule has 0 aromatic heterocycles. The van der Waals surface area contributed by atoms with Crippen molar-refractivity contribution in [3.05, 3.63) is 35.9 Å². The van der Waals surface area contributed by atoms with Crippen LogP contribution in [0.2, 0.25) is 0 Å². The lowest BCUT2D eigenvalue weighted by molar-refractivity contribution is -0.142. The minimum Gasteiger partial charge on any atom is -0.480 e. The van der Waals surface area contributed by atoms with Gasteiger partial charge in [0.25, 0.3) is 0 Å². The lowest BCUT2D eigenvalue weighted by atomic mass is 10.1. The largest absolute Gasteiger partial charge is 0.480 e. The third-order valence-electron chi connectivity index (χ3n) is 10.1. The summed E-state index contributed by atoms with van der Waals surface area (Å²) in [7, 11) is 0. The number of nitrogens with one attached hydrogen (secondary N) is 7. The highest BCUT2D eigenvalue weighted by Gasteiger charge is 2.38. The van der Waals surface area contributed by atoms with Crippen LogP contribution >= 0.6 is 0 Å². The topological polar surface area (TPSA) is 461 Å². The molecule has 1 aliphatic rings. The molecule has 27 heteroatoms. The molecule has 27 nitrogen and oxygen atoms in total. The number of benzene rings is 1. The molecule has 0 aliphatic carbocycles. The molecule has 0 spiro atoms. The Hall–Kier alpha value is -6.97. The van der Waals surface area contributed by atoms with Gasteiger partial charge in [-0.05, 0) is 57.1 Å². The number of unbranched alkanes of at least 4 members (excludes halogenated alkanes) is 1. The van der Waals surface area contributed by atoms with Crippen molar-refractivity contribution in [3.63, 3.8) is 0 Å². The lowest BCUT2D eigenvalue weighted by Crippen LogP contribution is -2.58. The van der Waals surface area contributed by atoms with Crippen molar-refractivity contribution in [3.8, 4) is 0 Å². The number of carbonyl (C=O) groups excluding carboxylic acids is 9. The number of likely N-dealkylation sites (tertiary alicyclic amines) is 1. The van der Waals surface area contributed by atoms with Crippen molar-refractivity contribution in [1.82, 2.24) is 42.1 Å². The third-order valence-corrected chi connectivity index (χ3v) is 10.1. The summed E-state index contributed by atoms with van der Waals surface area (Å²) in [6.45, 7) is -2.65. The van der Waals surface area contributed by atoms with Gasteiger partial charge in [-0.1, -0.05) is 30.3 Å². The number of guanidine groups is 1. The van der Waals surface area contributed by atoms with E-state index in [1.165, 1.54) is 4.90 Å². The van der Waals surface area contributed by atoms with Crippen LogP contribution in [0.3, 0.4) is 0 Å². The van der Waals surface area contributed by atoms with Crippen LogP contribution in [0.15, 0.2) is 35.3 Å². The van der Waals surface area contributed by atoms with Crippen molar-refractivity contribution in [2.75, 3.05) is 45.9 Å². The van der Waals surface area contributed by atoms with Crippen molar-refractivity contribution < 1.29 is 63.3 Å². The number of aliphatic hydroxyl groups is 2. The maximum Gasteiger partial charge on any atom is 0.326 e. The van der Waals surface area contributed by atoms with Gasteiger partial charge in [0, 0.05) is 19.5 Å². The van der Waals surface area contributed by atoms with Crippen LogP contribution < -0.4 is 65.9 Å². The van der Waals surface area contributed by atoms with Gasteiger partial charge in [0.1, 0.15) is 42.3 Å². The number of carboxylic acid groups (broad SMARTS) is 1. The van der Waals surface area contributed by atoms with Gasteiger partial charge in [-0.25, -0.2) is 4.79 Å². The van der Waals surface area contributed by atoms with Crippen LogP contribution in [-0.2, 0) is 54.4 Å². The van der Waals surface area contributed by atoms with E-state index in [0.717, 1.165) is 0 Å². The number of nitrogens with zero attached hydrogens (tertiary/aromatic N) is 2. The lowest BCUT2D eigenvalue weighted by Gasteiger charge is -2.29. The molecule has 2 rings (SSSR count). The van der Waals surface area contributed by atoms with E-state index in [4.69, 9.17) is 33.8 Å². The number of carbonyl (C=O) groups is 10. The van der Waals surface area contributed by atoms with Gasteiger partial charge in [-0.15, -0.1) is 0 Å². The Bertz CT molecular complexity index is 1900. The number of aliphatic carboxylic acids is 1. The number of aliphatic hydroxyl groups excluding tert-OH is 2. The van der Waals surface area contributed by atoms with E-state index in [1.807, 2.05) is 0 Å². The van der Waals surface area contributed by atoms with Crippen molar-refractivity contribution in [1.29, 1.82) is 0 Å². The first-order valence-electron chi connectivity index (χ1n) is 21.4. The second-order valence-corrected chi connectivity index (χ2v) is 15.5. The molecular formula is C40H64N14O13. The smallest absolute Gasteiger partial charge is 0.326 e. The van der Waals surface area contributed by atoms with Gasteiger partial charge in [-0.2, -0.15) is 0 Å². The fourth-order valence-electron chi connectivity index (χ4n) is 6.65. The Balaban J connectivity index is 2.13. The number of nitrogens with two attached hydrogens (primary N) is 5. The van der Waals surface area contributed by atoms with Crippen LogP contribution in [0.1, 0.15) is 56.9 Å². The molecule has 1 aliphatic heterocycles. The summed E-state index contributed by atoms with van der Waals surface area (Å²) < 4.78 is 0. The van der Waals surface area contributed by atoms with Crippen LogP contribution in [0.5, 0.6) is 0 Å². The van der Waals surface area contributed by atoms with E-state index >= 15 is 0 Å². The molecule has 67 heavy (non-hydrogen) atoms. The normalized spacial score (nSPS) is 15.8. The Morgan fingerprint density at radius 3 is 1.90 bits per heavy atom. The van der Waals surface area contributed by atoms with Crippen molar-refractivity contribution >= 4 is 65.1 Å². The fourth-order valence-corrected chi connectivity index (χ4v) is 6.65. The monoisotopic (exact) mass is 948 g/mol. The predicted octanol–water partition coefficient (Wildman–Crippen LogP) is -7.67. The maximum atomic E-state index is 14.0. The number of aliphatic imine (C=N–C) groups is 1. The molecule has 1 aromatic carbocycles. The molecule has 9 amide bonds. The molecule has 1 fully saturated rings. The van der Waals surface area contributed by atoms with Gasteiger partial charge in [0.15, 0.2) is 5.96 Å². The number of primary amides is 1. The zero-order valence-corrected chi connectivity index (χ0v) is 36.9. The van der Waals surface area contributed by atoms with Crippen LogP contribution in [0.4, 0.5) is 0 Å².